The van der Waals surface area contributed by atoms with E-state index in [1.54, 1.807) is 55.6 Å². The summed E-state index contributed by atoms with van der Waals surface area (Å²) in [4.78, 5) is 39.6. The SMILES string of the molecule is CCOC(=O)c1ccc(CC(=O)C(CC2(C)CCOCC2)n2cc(OC)c(-c3cc(Cl)ccc3C#N)cc2=O)cc1. The highest BCUT2D eigenvalue weighted by Gasteiger charge is 2.35. The van der Waals surface area contributed by atoms with Gasteiger partial charge in [-0.1, -0.05) is 30.7 Å². The number of aromatic nitrogens is 1. The van der Waals surface area contributed by atoms with E-state index < -0.39 is 17.6 Å². The number of ketones is 1. The van der Waals surface area contributed by atoms with Crippen molar-refractivity contribution in [2.24, 2.45) is 5.41 Å². The number of esters is 1. The lowest BCUT2D eigenvalue weighted by atomic mass is 9.76. The first-order valence-electron chi connectivity index (χ1n) is 13.5. The first kappa shape index (κ1) is 30.0. The Balaban J connectivity index is 1.73. The maximum Gasteiger partial charge on any atom is 0.338 e. The number of benzene rings is 2. The van der Waals surface area contributed by atoms with Crippen molar-refractivity contribution in [1.82, 2.24) is 4.57 Å². The highest BCUT2D eigenvalue weighted by molar-refractivity contribution is 6.31. The quantitative estimate of drug-likeness (QED) is 0.281. The molecule has 9 heteroatoms. The second-order valence-electron chi connectivity index (χ2n) is 10.5. The number of nitriles is 1. The number of nitrogens with zero attached hydrogens (tertiary/aromatic N) is 2. The summed E-state index contributed by atoms with van der Waals surface area (Å²) in [5.41, 5.74) is 1.77. The average Bonchev–Trinajstić information content (AvgIpc) is 2.96. The van der Waals surface area contributed by atoms with Crippen molar-refractivity contribution in [2.75, 3.05) is 26.9 Å². The molecule has 1 aromatic heterocycles. The number of Topliss-reactive ketones (excluding diaryl/α,β-unsaturated/α-hetero) is 1. The van der Waals surface area contributed by atoms with Gasteiger partial charge in [0, 0.05) is 41.9 Å². The largest absolute Gasteiger partial charge is 0.495 e. The van der Waals surface area contributed by atoms with Gasteiger partial charge in [-0.2, -0.15) is 5.26 Å². The summed E-state index contributed by atoms with van der Waals surface area (Å²) in [5, 5.41) is 10.1. The molecule has 41 heavy (non-hydrogen) atoms. The van der Waals surface area contributed by atoms with E-state index in [4.69, 9.17) is 25.8 Å². The van der Waals surface area contributed by atoms with Gasteiger partial charge in [0.1, 0.15) is 5.75 Å². The number of halogens is 1. The lowest BCUT2D eigenvalue weighted by Crippen LogP contribution is -2.36. The molecule has 214 valence electrons. The van der Waals surface area contributed by atoms with Gasteiger partial charge in [0.25, 0.3) is 5.56 Å². The van der Waals surface area contributed by atoms with Crippen molar-refractivity contribution >= 4 is 23.4 Å². The summed E-state index contributed by atoms with van der Waals surface area (Å²) in [5.74, 6) is -0.218. The van der Waals surface area contributed by atoms with Gasteiger partial charge in [-0.15, -0.1) is 0 Å². The molecule has 0 spiro atoms. The van der Waals surface area contributed by atoms with Crippen LogP contribution in [-0.2, 0) is 20.7 Å². The smallest absolute Gasteiger partial charge is 0.338 e. The van der Waals surface area contributed by atoms with Crippen LogP contribution in [0.25, 0.3) is 11.1 Å². The topological polar surface area (TPSA) is 108 Å². The summed E-state index contributed by atoms with van der Waals surface area (Å²) < 4.78 is 17.7. The van der Waals surface area contributed by atoms with E-state index in [0.717, 1.165) is 18.4 Å². The molecule has 0 saturated carbocycles. The molecular weight excluding hydrogens is 544 g/mol. The number of carbonyl (C=O) groups is 2. The van der Waals surface area contributed by atoms with E-state index in [1.807, 2.05) is 0 Å². The number of hydrogen-bond acceptors (Lipinski definition) is 7. The third kappa shape index (κ3) is 7.05. The molecule has 1 fully saturated rings. The summed E-state index contributed by atoms with van der Waals surface area (Å²) in [6.07, 6.45) is 3.60. The lowest BCUT2D eigenvalue weighted by molar-refractivity contribution is -0.123. The fraction of sp³-hybridized carbons (Fsp3) is 0.375. The molecule has 2 heterocycles. The minimum Gasteiger partial charge on any atom is -0.495 e. The molecular formula is C32H33ClN2O6. The van der Waals surface area contributed by atoms with E-state index in [0.29, 0.717) is 52.7 Å². The van der Waals surface area contributed by atoms with Crippen molar-refractivity contribution in [2.45, 2.75) is 45.6 Å². The Morgan fingerprint density at radius 1 is 1.12 bits per heavy atom. The van der Waals surface area contributed by atoms with Crippen LogP contribution in [-0.4, -0.2) is 43.3 Å². The van der Waals surface area contributed by atoms with Crippen LogP contribution in [0.2, 0.25) is 5.02 Å². The van der Waals surface area contributed by atoms with Crippen LogP contribution in [0.1, 0.15) is 60.6 Å². The van der Waals surface area contributed by atoms with E-state index >= 15 is 0 Å². The van der Waals surface area contributed by atoms with Crippen molar-refractivity contribution in [1.29, 1.82) is 5.26 Å². The number of hydrogen-bond donors (Lipinski definition) is 0. The molecule has 0 bridgehead atoms. The minimum absolute atomic E-state index is 0.0731. The second-order valence-corrected chi connectivity index (χ2v) is 10.9. The molecule has 0 aliphatic carbocycles. The number of carbonyl (C=O) groups excluding carboxylic acids is 2. The maximum absolute atomic E-state index is 13.9. The number of methoxy groups -OCH3 is 1. The normalized spacial score (nSPS) is 15.0. The van der Waals surface area contributed by atoms with Crippen molar-refractivity contribution in [3.05, 3.63) is 86.8 Å². The van der Waals surface area contributed by atoms with E-state index in [1.165, 1.54) is 17.7 Å². The van der Waals surface area contributed by atoms with Gasteiger partial charge in [-0.3, -0.25) is 9.59 Å². The van der Waals surface area contributed by atoms with Gasteiger partial charge in [0.15, 0.2) is 5.78 Å². The van der Waals surface area contributed by atoms with Crippen LogP contribution < -0.4 is 10.3 Å². The second kappa shape index (κ2) is 13.2. The van der Waals surface area contributed by atoms with Crippen LogP contribution in [0.3, 0.4) is 0 Å². The van der Waals surface area contributed by atoms with Gasteiger partial charge in [0.05, 0.1) is 43.2 Å². The van der Waals surface area contributed by atoms with Gasteiger partial charge < -0.3 is 18.8 Å². The van der Waals surface area contributed by atoms with Crippen LogP contribution in [0.4, 0.5) is 0 Å². The minimum atomic E-state index is -0.770. The highest BCUT2D eigenvalue weighted by Crippen LogP contribution is 2.39. The van der Waals surface area contributed by atoms with Gasteiger partial charge in [-0.05, 0) is 67.5 Å². The Morgan fingerprint density at radius 3 is 2.46 bits per heavy atom. The zero-order valence-corrected chi connectivity index (χ0v) is 24.2. The summed E-state index contributed by atoms with van der Waals surface area (Å²) in [6.45, 7) is 5.32. The van der Waals surface area contributed by atoms with Crippen LogP contribution in [0.15, 0.2) is 59.5 Å². The van der Waals surface area contributed by atoms with E-state index in [2.05, 4.69) is 13.0 Å². The number of ether oxygens (including phenoxy) is 3. The van der Waals surface area contributed by atoms with E-state index in [-0.39, 0.29) is 24.2 Å². The third-order valence-corrected chi connectivity index (χ3v) is 7.83. The van der Waals surface area contributed by atoms with Crippen molar-refractivity contribution in [3.63, 3.8) is 0 Å². The van der Waals surface area contributed by atoms with Crippen molar-refractivity contribution in [3.8, 4) is 22.9 Å². The van der Waals surface area contributed by atoms with Crippen LogP contribution >= 0.6 is 11.6 Å². The van der Waals surface area contributed by atoms with Crippen LogP contribution in [0.5, 0.6) is 5.75 Å². The standard InChI is InChI=1S/C32H33ClN2O6/c1-4-41-31(38)22-7-5-21(6-8-22)15-28(36)27(18-32(2)11-13-40-14-12-32)35-20-29(39-3)26(17-30(35)37)25-16-24(33)10-9-23(25)19-34/h5-10,16-17,20,27H,4,11-15,18H2,1-3H3. The van der Waals surface area contributed by atoms with E-state index in [9.17, 15) is 19.6 Å². The Hall–Kier alpha value is -3.93. The Labute approximate surface area is 244 Å². The number of pyridine rings is 1. The summed E-state index contributed by atoms with van der Waals surface area (Å²) in [7, 11) is 1.48. The highest BCUT2D eigenvalue weighted by atomic mass is 35.5. The molecule has 8 nitrogen and oxygen atoms in total. The molecule has 1 aliphatic rings. The maximum atomic E-state index is 13.9. The summed E-state index contributed by atoms with van der Waals surface area (Å²) in [6, 6.07) is 14.3. The molecule has 1 atom stereocenters. The lowest BCUT2D eigenvalue weighted by Gasteiger charge is -2.36. The first-order chi connectivity index (χ1) is 19.7. The molecule has 4 rings (SSSR count). The molecule has 1 saturated heterocycles. The third-order valence-electron chi connectivity index (χ3n) is 7.59. The Morgan fingerprint density at radius 2 is 1.83 bits per heavy atom. The zero-order valence-electron chi connectivity index (χ0n) is 23.4. The monoisotopic (exact) mass is 576 g/mol. The number of rotatable bonds is 10. The fourth-order valence-corrected chi connectivity index (χ4v) is 5.35. The molecule has 0 radical (unpaired) electrons. The van der Waals surface area contributed by atoms with Gasteiger partial charge >= 0.3 is 5.97 Å². The molecule has 1 unspecified atom stereocenters. The molecule has 3 aromatic rings. The fourth-order valence-electron chi connectivity index (χ4n) is 5.18. The Kier molecular flexibility index (Phi) is 9.64. The average molecular weight is 577 g/mol. The first-order valence-corrected chi connectivity index (χ1v) is 13.9. The van der Waals surface area contributed by atoms with Crippen molar-refractivity contribution < 1.29 is 23.8 Å². The Bertz CT molecular complexity index is 1520. The predicted octanol–water partition coefficient (Wildman–Crippen LogP) is 5.79. The molecule has 2 aromatic carbocycles. The molecule has 1 aliphatic heterocycles. The van der Waals surface area contributed by atoms with Crippen LogP contribution in [0, 0.1) is 16.7 Å². The predicted molar refractivity (Wildman–Crippen MR) is 155 cm³/mol. The van der Waals surface area contributed by atoms with Gasteiger partial charge in [-0.25, -0.2) is 4.79 Å². The zero-order chi connectivity index (χ0) is 29.6. The molecule has 0 N–H and O–H groups in total. The summed E-state index contributed by atoms with van der Waals surface area (Å²) >= 11 is 6.21. The molecule has 0 amide bonds. The van der Waals surface area contributed by atoms with Gasteiger partial charge in [0.2, 0.25) is 0 Å².